The maximum atomic E-state index is 13.2. The Morgan fingerprint density at radius 1 is 1.12 bits per heavy atom. The molecule has 0 atom stereocenters. The molecule has 2 rings (SSSR count). The Morgan fingerprint density at radius 2 is 1.84 bits per heavy atom. The minimum absolute atomic E-state index is 0.161. The van der Waals surface area contributed by atoms with Gasteiger partial charge in [0.1, 0.15) is 11.5 Å². The Morgan fingerprint density at radius 3 is 2.48 bits per heavy atom. The average molecular weight is 342 g/mol. The lowest BCUT2D eigenvalue weighted by Gasteiger charge is -2.07. The summed E-state index contributed by atoms with van der Waals surface area (Å²) >= 11 is 0. The van der Waals surface area contributed by atoms with Gasteiger partial charge in [0.15, 0.2) is 5.96 Å². The van der Waals surface area contributed by atoms with E-state index in [1.807, 2.05) is 0 Å². The minimum atomic E-state index is -1.36. The van der Waals surface area contributed by atoms with Gasteiger partial charge in [0.2, 0.25) is 0 Å². The number of benzene rings is 2. The van der Waals surface area contributed by atoms with Gasteiger partial charge >= 0.3 is 5.97 Å². The van der Waals surface area contributed by atoms with Gasteiger partial charge in [-0.1, -0.05) is 18.2 Å². The molecule has 0 spiro atoms. The molecule has 0 unspecified atom stereocenters. The predicted molar refractivity (Wildman–Crippen MR) is 91.4 cm³/mol. The molecule has 0 aliphatic heterocycles. The third-order valence-electron chi connectivity index (χ3n) is 3.00. The number of hydrogen-bond donors (Lipinski definition) is 4. The van der Waals surface area contributed by atoms with Crippen LogP contribution in [0.1, 0.15) is 15.9 Å². The molecule has 0 radical (unpaired) electrons. The highest BCUT2D eigenvalue weighted by Gasteiger charge is 2.14. The van der Waals surface area contributed by atoms with E-state index >= 15 is 0 Å². The van der Waals surface area contributed by atoms with Crippen LogP contribution in [0.2, 0.25) is 0 Å². The largest absolute Gasteiger partial charge is 0.477 e. The molecule has 0 aliphatic carbocycles. The van der Waals surface area contributed by atoms with Gasteiger partial charge in [-0.2, -0.15) is 0 Å². The smallest absolute Gasteiger partial charge is 0.352 e. The fourth-order valence-corrected chi connectivity index (χ4v) is 1.97. The first-order valence-corrected chi connectivity index (χ1v) is 7.07. The van der Waals surface area contributed by atoms with Crippen LogP contribution < -0.4 is 16.8 Å². The number of aliphatic carboxylic acids is 1. The molecule has 8 heteroatoms. The number of nitrogens with two attached hydrogens (primary N) is 2. The summed E-state index contributed by atoms with van der Waals surface area (Å²) in [6.45, 7) is 0. The third-order valence-corrected chi connectivity index (χ3v) is 3.00. The van der Waals surface area contributed by atoms with E-state index in [0.29, 0.717) is 11.3 Å². The number of nitrogens with zero attached hydrogens (tertiary/aromatic N) is 1. The predicted octanol–water partition coefficient (Wildman–Crippen LogP) is 1.59. The van der Waals surface area contributed by atoms with E-state index < -0.39 is 23.4 Å². The summed E-state index contributed by atoms with van der Waals surface area (Å²) in [5.74, 6) is -2.72. The van der Waals surface area contributed by atoms with Crippen molar-refractivity contribution >= 4 is 29.6 Å². The summed E-state index contributed by atoms with van der Waals surface area (Å²) < 4.78 is 13.2. The number of nitrogens with one attached hydrogen (secondary N) is 1. The molecule has 0 saturated heterocycles. The molecule has 6 N–H and O–H groups in total. The highest BCUT2D eigenvalue weighted by Crippen LogP contribution is 2.15. The second-order valence-electron chi connectivity index (χ2n) is 4.96. The summed E-state index contributed by atoms with van der Waals surface area (Å²) in [6.07, 6.45) is 1.16. The topological polar surface area (TPSA) is 131 Å². The maximum absolute atomic E-state index is 13.2. The van der Waals surface area contributed by atoms with Crippen LogP contribution in [0.5, 0.6) is 0 Å². The van der Waals surface area contributed by atoms with E-state index in [1.165, 1.54) is 30.3 Å². The number of halogens is 1. The van der Waals surface area contributed by atoms with Crippen molar-refractivity contribution in [2.45, 2.75) is 0 Å². The second-order valence-corrected chi connectivity index (χ2v) is 4.96. The molecule has 128 valence electrons. The summed E-state index contributed by atoms with van der Waals surface area (Å²) in [5.41, 5.74) is 11.0. The Labute approximate surface area is 142 Å². The van der Waals surface area contributed by atoms with Crippen LogP contribution in [0.3, 0.4) is 0 Å². The molecule has 0 aromatic heterocycles. The molecule has 25 heavy (non-hydrogen) atoms. The fraction of sp³-hybridized carbons (Fsp3) is 0. The first-order valence-electron chi connectivity index (χ1n) is 7.07. The monoisotopic (exact) mass is 342 g/mol. The third kappa shape index (κ3) is 5.17. The molecule has 0 heterocycles. The first-order chi connectivity index (χ1) is 11.8. The molecule has 1 amide bonds. The lowest BCUT2D eigenvalue weighted by atomic mass is 10.1. The average Bonchev–Trinajstić information content (AvgIpc) is 2.53. The summed E-state index contributed by atoms with van der Waals surface area (Å²) in [4.78, 5) is 27.4. The van der Waals surface area contributed by atoms with E-state index in [2.05, 4.69) is 10.3 Å². The zero-order valence-electron chi connectivity index (χ0n) is 12.9. The summed E-state index contributed by atoms with van der Waals surface area (Å²) in [5, 5.41) is 11.5. The fourth-order valence-electron chi connectivity index (χ4n) is 1.97. The van der Waals surface area contributed by atoms with Crippen molar-refractivity contribution in [3.05, 3.63) is 71.2 Å². The van der Waals surface area contributed by atoms with Gasteiger partial charge in [-0.05, 0) is 42.0 Å². The van der Waals surface area contributed by atoms with E-state index in [-0.39, 0.29) is 11.5 Å². The number of carboxylic acid groups (broad SMARTS) is 1. The number of aliphatic imine (C=N–C) groups is 1. The van der Waals surface area contributed by atoms with Gasteiger partial charge < -0.3 is 21.9 Å². The molecule has 0 aliphatic rings. The molecule has 7 nitrogen and oxygen atoms in total. The van der Waals surface area contributed by atoms with Gasteiger partial charge in [-0.3, -0.25) is 4.79 Å². The van der Waals surface area contributed by atoms with Crippen molar-refractivity contribution in [1.29, 1.82) is 0 Å². The van der Waals surface area contributed by atoms with Gasteiger partial charge in [0.25, 0.3) is 5.91 Å². The Balaban J connectivity index is 2.27. The van der Waals surface area contributed by atoms with Crippen molar-refractivity contribution in [2.24, 2.45) is 16.5 Å². The van der Waals surface area contributed by atoms with Crippen molar-refractivity contribution in [2.75, 3.05) is 0 Å². The lowest BCUT2D eigenvalue weighted by molar-refractivity contribution is -0.132. The number of carbonyl (C=O) groups excluding carboxylic acids is 1. The van der Waals surface area contributed by atoms with Crippen LogP contribution in [0.4, 0.5) is 10.1 Å². The zero-order chi connectivity index (χ0) is 18.4. The van der Waals surface area contributed by atoms with Crippen LogP contribution in [0.15, 0.2) is 59.2 Å². The normalized spacial score (nSPS) is 10.8. The van der Waals surface area contributed by atoms with E-state index in [0.717, 1.165) is 12.1 Å². The van der Waals surface area contributed by atoms with E-state index in [1.54, 1.807) is 12.1 Å². The standard InChI is InChI=1S/C17H15FN4O3/c18-12-5-1-3-10(7-12)8-14(16(24)25)22-15(23)11-4-2-6-13(9-11)21-17(19)20/h1-9H,(H,22,23)(H,24,25)(H4,19,20,21)/b14-8+. The number of rotatable bonds is 5. The molecule has 2 aromatic rings. The quantitative estimate of drug-likeness (QED) is 0.372. The molecule has 0 saturated carbocycles. The van der Waals surface area contributed by atoms with E-state index in [9.17, 15) is 19.1 Å². The van der Waals surface area contributed by atoms with Gasteiger partial charge in [0, 0.05) is 5.56 Å². The minimum Gasteiger partial charge on any atom is -0.477 e. The Kier molecular flexibility index (Phi) is 5.47. The number of hydrogen-bond acceptors (Lipinski definition) is 3. The van der Waals surface area contributed by atoms with Crippen LogP contribution in [0, 0.1) is 5.82 Å². The van der Waals surface area contributed by atoms with Gasteiger partial charge in [-0.25, -0.2) is 14.2 Å². The Bertz CT molecular complexity index is 874. The molecular weight excluding hydrogens is 327 g/mol. The zero-order valence-corrected chi connectivity index (χ0v) is 12.9. The molecule has 0 bridgehead atoms. The van der Waals surface area contributed by atoms with Crippen molar-refractivity contribution in [1.82, 2.24) is 5.32 Å². The number of guanidine groups is 1. The number of carboxylic acids is 1. The van der Waals surface area contributed by atoms with Crippen molar-refractivity contribution in [3.8, 4) is 0 Å². The highest BCUT2D eigenvalue weighted by atomic mass is 19.1. The van der Waals surface area contributed by atoms with Crippen LogP contribution in [0.25, 0.3) is 6.08 Å². The number of amides is 1. The van der Waals surface area contributed by atoms with E-state index in [4.69, 9.17) is 11.5 Å². The molecule has 2 aromatic carbocycles. The van der Waals surface area contributed by atoms with Crippen molar-refractivity contribution < 1.29 is 19.1 Å². The van der Waals surface area contributed by atoms with Gasteiger partial charge in [-0.15, -0.1) is 0 Å². The maximum Gasteiger partial charge on any atom is 0.352 e. The molecular formula is C17H15FN4O3. The lowest BCUT2D eigenvalue weighted by Crippen LogP contribution is -2.27. The van der Waals surface area contributed by atoms with Crippen LogP contribution in [-0.4, -0.2) is 22.9 Å². The summed E-state index contributed by atoms with van der Waals surface area (Å²) in [6, 6.07) is 11.3. The van der Waals surface area contributed by atoms with Gasteiger partial charge in [0.05, 0.1) is 5.69 Å². The Hall–Kier alpha value is -3.68. The first kappa shape index (κ1) is 17.7. The van der Waals surface area contributed by atoms with Crippen LogP contribution >= 0.6 is 0 Å². The second kappa shape index (κ2) is 7.73. The van der Waals surface area contributed by atoms with Crippen LogP contribution in [-0.2, 0) is 4.79 Å². The van der Waals surface area contributed by atoms with Crippen molar-refractivity contribution in [3.63, 3.8) is 0 Å². The summed E-state index contributed by atoms with van der Waals surface area (Å²) in [7, 11) is 0. The molecule has 0 fully saturated rings. The number of carbonyl (C=O) groups is 2. The highest BCUT2D eigenvalue weighted by molar-refractivity contribution is 6.03. The SMILES string of the molecule is NC(N)=Nc1cccc(C(=O)N/C(=C/c2cccc(F)c2)C(=O)O)c1.